The van der Waals surface area contributed by atoms with Crippen LogP contribution in [0.1, 0.15) is 311 Å². The molecule has 6 atom stereocenters. The van der Waals surface area contributed by atoms with Crippen LogP contribution in [0, 0.1) is 17.8 Å². The molecule has 0 saturated heterocycles. The molecule has 0 amide bonds. The van der Waals surface area contributed by atoms with Gasteiger partial charge in [-0.15, -0.1) is 0 Å². The Hall–Kier alpha value is 0.622. The van der Waals surface area contributed by atoms with Gasteiger partial charge in [-0.05, 0) is 37.0 Å². The summed E-state index contributed by atoms with van der Waals surface area (Å²) in [5.41, 5.74) is 0. The van der Waals surface area contributed by atoms with Gasteiger partial charge in [0, 0.05) is 0 Å². The van der Waals surface area contributed by atoms with E-state index in [4.69, 9.17) is 37.9 Å². The fourth-order valence-corrected chi connectivity index (χ4v) is 17.5. The Balaban J connectivity index is 6.00. The normalized spacial score (nSPS) is 15.4. The van der Waals surface area contributed by atoms with Gasteiger partial charge < -0.3 is 41.4 Å². The highest BCUT2D eigenvalue weighted by molar-refractivity contribution is 7.53. The summed E-state index contributed by atoms with van der Waals surface area (Å²) in [6.45, 7) is 8.64. The van der Waals surface area contributed by atoms with Gasteiger partial charge in [-0.1, -0.05) is 292 Å². The number of phosphoric ester groups is 3. The van der Waals surface area contributed by atoms with Gasteiger partial charge in [-0.2, -0.15) is 0 Å². The zero-order valence-electron chi connectivity index (χ0n) is 55.0. The molecule has 0 aliphatic carbocycles. The van der Waals surface area contributed by atoms with E-state index in [1.54, 1.807) is 0 Å². The Morgan fingerprint density at radius 3 is 0.600 bits per heavy atom. The Bertz CT molecular complexity index is 1400. The molecule has 0 fully saturated rings. The smallest absolute Gasteiger partial charge is 0.394 e. The maximum atomic E-state index is 14.6. The molecule has 0 aromatic carbocycles. The van der Waals surface area contributed by atoms with Gasteiger partial charge >= 0.3 is 38.6 Å². The predicted octanol–water partition coefficient (Wildman–Crippen LogP) is 17.9. The van der Waals surface area contributed by atoms with Crippen molar-refractivity contribution in [3.63, 3.8) is 0 Å². The van der Waals surface area contributed by atoms with Crippen LogP contribution in [0.5, 0.6) is 0 Å². The van der Waals surface area contributed by atoms with E-state index in [2.05, 4.69) is 41.5 Å². The summed E-state index contributed by atoms with van der Waals surface area (Å²) in [4.78, 5) is 0. The van der Waals surface area contributed by atoms with Gasteiger partial charge in [0.25, 0.3) is 0 Å². The Morgan fingerprint density at radius 2 is 0.435 bits per heavy atom. The van der Waals surface area contributed by atoms with Gasteiger partial charge in [0.1, 0.15) is 18.3 Å². The summed E-state index contributed by atoms with van der Waals surface area (Å²) >= 11 is -4.59. The number of rotatable bonds is 69. The van der Waals surface area contributed by atoms with E-state index in [0.29, 0.717) is 19.3 Å². The number of hydrogen-bond acceptors (Lipinski definition) is 18. The summed E-state index contributed by atoms with van der Waals surface area (Å²) in [6.07, 6.45) is 42.1. The van der Waals surface area contributed by atoms with Crippen LogP contribution in [0.15, 0.2) is 0 Å². The van der Waals surface area contributed by atoms with Gasteiger partial charge in [0.15, 0.2) is 0 Å². The lowest BCUT2D eigenvalue weighted by Crippen LogP contribution is -2.29. The zero-order chi connectivity index (χ0) is 63.0. The molecule has 6 unspecified atom stereocenters. The molecule has 0 saturated carbocycles. The second kappa shape index (κ2) is 59.6. The summed E-state index contributed by atoms with van der Waals surface area (Å²) in [5.74, 6) is 2.31. The molecule has 0 aromatic rings. The Labute approximate surface area is 525 Å². The fraction of sp³-hybridized carbons (Fsp3) is 1.00. The SMILES string of the molecule is CC(C)CCCCCCCCCCCCCCCOP(=O)(OCC(O)CO)[O][Al]([O]P(=O)(OCCCCCCCCCCCCCCCC(C)C)OCC(O)CO)[O]P(=O)(OCCCCCCCCCCCCCCCC(C)C)OCC(O)CO. The van der Waals surface area contributed by atoms with Crippen molar-refractivity contribution in [2.24, 2.45) is 17.8 Å². The first-order chi connectivity index (χ1) is 40.9. The van der Waals surface area contributed by atoms with Crippen LogP contribution >= 0.6 is 23.5 Å². The summed E-state index contributed by atoms with van der Waals surface area (Å²) < 4.78 is 94.8. The van der Waals surface area contributed by atoms with Crippen molar-refractivity contribution < 1.29 is 82.2 Å². The average Bonchev–Trinajstić information content (AvgIpc) is 3.67. The number of aliphatic hydroxyl groups is 6. The van der Waals surface area contributed by atoms with E-state index in [0.717, 1.165) is 114 Å². The Kier molecular flexibility index (Phi) is 60.1. The molecule has 0 heterocycles. The van der Waals surface area contributed by atoms with Gasteiger partial charge in [0.2, 0.25) is 0 Å². The monoisotopic (exact) mass is 1300 g/mol. The highest BCUT2D eigenvalue weighted by atomic mass is 31.2. The molecule has 0 bridgehead atoms. The lowest BCUT2D eigenvalue weighted by Gasteiger charge is -2.27. The van der Waals surface area contributed by atoms with E-state index in [9.17, 15) is 44.3 Å². The van der Waals surface area contributed by atoms with Crippen LogP contribution in [0.2, 0.25) is 0 Å². The molecule has 18 nitrogen and oxygen atoms in total. The van der Waals surface area contributed by atoms with Gasteiger partial charge in [0.05, 0.1) is 59.5 Å². The van der Waals surface area contributed by atoms with Crippen molar-refractivity contribution in [3.05, 3.63) is 0 Å². The topological polar surface area (TPSA) is 256 Å². The third-order valence-electron chi connectivity index (χ3n) is 15.1. The zero-order valence-corrected chi connectivity index (χ0v) is 58.9. The van der Waals surface area contributed by atoms with Crippen LogP contribution in [-0.2, 0) is 51.6 Å². The lowest BCUT2D eigenvalue weighted by atomic mass is 10.0. The van der Waals surface area contributed by atoms with Crippen LogP contribution in [0.25, 0.3) is 0 Å². The second-order valence-corrected chi connectivity index (χ2v) is 32.5. The minimum Gasteiger partial charge on any atom is -0.394 e. The van der Waals surface area contributed by atoms with Crippen LogP contribution in [-0.4, -0.2) is 124 Å². The largest absolute Gasteiger partial charge is 0.931 e. The van der Waals surface area contributed by atoms with Crippen molar-refractivity contribution in [2.75, 3.05) is 59.5 Å². The maximum Gasteiger partial charge on any atom is 0.931 e. The molecule has 0 rings (SSSR count). The molecule has 6 N–H and O–H groups in total. The van der Waals surface area contributed by atoms with Crippen LogP contribution in [0.4, 0.5) is 0 Å². The highest BCUT2D eigenvalue weighted by Gasteiger charge is 2.54. The van der Waals surface area contributed by atoms with E-state index in [1.165, 1.54) is 154 Å². The third kappa shape index (κ3) is 58.2. The summed E-state index contributed by atoms with van der Waals surface area (Å²) in [6, 6.07) is 0. The Morgan fingerprint density at radius 1 is 0.271 bits per heavy atom. The van der Waals surface area contributed by atoms with Crippen LogP contribution < -0.4 is 0 Å². The van der Waals surface area contributed by atoms with Crippen molar-refractivity contribution in [1.82, 2.24) is 0 Å². The standard InChI is InChI=1S/3C21H45O6P.Al/c3*1-20(2)16-14-12-10-8-6-4-3-5-7-9-11-13-15-17-26-28(24,25)27-19-21(23)18-22;/h3*20-23H,3-19H2,1-2H3,(H,24,25);/q;;;+3/p-3. The molecule has 0 radical (unpaired) electrons. The summed E-state index contributed by atoms with van der Waals surface area (Å²) in [7, 11) is -14.8. The highest BCUT2D eigenvalue weighted by Crippen LogP contribution is 2.59. The second-order valence-electron chi connectivity index (χ2n) is 25.2. The lowest BCUT2D eigenvalue weighted by molar-refractivity contribution is 0.0241. The molecule has 510 valence electrons. The van der Waals surface area contributed by atoms with E-state index in [-0.39, 0.29) is 19.8 Å². The number of hydrogen-bond donors (Lipinski definition) is 6. The average molecular weight is 1300 g/mol. The van der Waals surface area contributed by atoms with Crippen molar-refractivity contribution >= 4 is 38.6 Å². The molecule has 0 aliphatic heterocycles. The molecule has 85 heavy (non-hydrogen) atoms. The van der Waals surface area contributed by atoms with Gasteiger partial charge in [-0.3, -0.25) is 27.1 Å². The number of unbranched alkanes of at least 4 members (excludes halogenated alkanes) is 36. The van der Waals surface area contributed by atoms with E-state index >= 15 is 0 Å². The first kappa shape index (κ1) is 85.6. The van der Waals surface area contributed by atoms with Crippen LogP contribution in [0.3, 0.4) is 0 Å². The minimum absolute atomic E-state index is 0.164. The molecule has 0 aromatic heterocycles. The van der Waals surface area contributed by atoms with Crippen molar-refractivity contribution in [1.29, 1.82) is 0 Å². The fourth-order valence-electron chi connectivity index (χ4n) is 9.69. The first-order valence-corrected chi connectivity index (χ1v) is 40.3. The molecule has 0 spiro atoms. The number of phosphoric acid groups is 3. The van der Waals surface area contributed by atoms with E-state index in [1.807, 2.05) is 0 Å². The molecular formula is C63H132AlO18P3. The molecule has 0 aliphatic rings. The first-order valence-electron chi connectivity index (χ1n) is 34.5. The van der Waals surface area contributed by atoms with E-state index < -0.39 is 96.6 Å². The molecule has 22 heteroatoms. The summed E-state index contributed by atoms with van der Waals surface area (Å²) in [5, 5.41) is 59.7. The molecular weight excluding hydrogens is 1160 g/mol. The number of aliphatic hydroxyl groups excluding tert-OH is 6. The predicted molar refractivity (Wildman–Crippen MR) is 345 cm³/mol. The van der Waals surface area contributed by atoms with Crippen molar-refractivity contribution in [3.8, 4) is 0 Å². The third-order valence-corrected chi connectivity index (χ3v) is 23.1. The quantitative estimate of drug-likeness (QED) is 0.0188. The maximum absolute atomic E-state index is 14.6. The van der Waals surface area contributed by atoms with Gasteiger partial charge in [-0.25, -0.2) is 13.7 Å². The van der Waals surface area contributed by atoms with Crippen molar-refractivity contribution in [2.45, 2.75) is 330 Å². The minimum atomic E-state index is -4.93.